The Kier molecular flexibility index (Phi) is 11.8. The van der Waals surface area contributed by atoms with Crippen molar-refractivity contribution in [3.8, 4) is 5.75 Å². The van der Waals surface area contributed by atoms with Crippen LogP contribution in [0.15, 0.2) is 24.3 Å². The van der Waals surface area contributed by atoms with Gasteiger partial charge in [0.2, 0.25) is 11.9 Å². The van der Waals surface area contributed by atoms with Crippen molar-refractivity contribution in [1.82, 2.24) is 20.4 Å². The number of benzene rings is 1. The van der Waals surface area contributed by atoms with Gasteiger partial charge in [-0.3, -0.25) is 14.4 Å². The second-order valence-electron chi connectivity index (χ2n) is 12.6. The van der Waals surface area contributed by atoms with Crippen LogP contribution in [-0.2, 0) is 14.3 Å². The van der Waals surface area contributed by atoms with Crippen LogP contribution >= 0.6 is 0 Å². The Bertz CT molecular complexity index is 1140. The number of ether oxygens (including phenoxy) is 2. The normalized spacial score (nSPS) is 18.2. The Labute approximate surface area is 254 Å². The van der Waals surface area contributed by atoms with Crippen molar-refractivity contribution in [3.63, 3.8) is 0 Å². The largest absolute Gasteiger partial charge is 0.494 e. The van der Waals surface area contributed by atoms with Crippen LogP contribution in [0, 0.1) is 11.8 Å². The molecular weight excluding hydrogens is 552 g/mol. The van der Waals surface area contributed by atoms with Gasteiger partial charge in [0.05, 0.1) is 6.61 Å². The van der Waals surface area contributed by atoms with E-state index in [0.29, 0.717) is 56.3 Å². The quantitative estimate of drug-likeness (QED) is 0.209. The number of nitrogens with two attached hydrogens (primary N) is 1. The van der Waals surface area contributed by atoms with Gasteiger partial charge in [0.15, 0.2) is 0 Å². The molecule has 2 fully saturated rings. The number of rotatable bonds is 10. The van der Waals surface area contributed by atoms with E-state index in [1.54, 1.807) is 49.9 Å². The molecule has 1 aromatic carbocycles. The number of likely N-dealkylation sites (tertiary alicyclic amines) is 2. The highest BCUT2D eigenvalue weighted by atomic mass is 16.6. The van der Waals surface area contributed by atoms with Crippen molar-refractivity contribution >= 4 is 29.8 Å². The maximum Gasteiger partial charge on any atom is 0.408 e. The highest BCUT2D eigenvalue weighted by molar-refractivity contribution is 6.00. The smallest absolute Gasteiger partial charge is 0.408 e. The summed E-state index contributed by atoms with van der Waals surface area (Å²) in [4.78, 5) is 53.5. The molecule has 0 spiro atoms. The number of urea groups is 1. The van der Waals surface area contributed by atoms with E-state index in [1.165, 1.54) is 4.90 Å². The minimum absolute atomic E-state index is 0.0120. The van der Waals surface area contributed by atoms with Crippen LogP contribution < -0.4 is 21.1 Å². The molecule has 3 rings (SSSR count). The van der Waals surface area contributed by atoms with Crippen LogP contribution in [0.4, 0.5) is 9.59 Å². The van der Waals surface area contributed by atoms with E-state index in [1.807, 2.05) is 13.8 Å². The summed E-state index contributed by atoms with van der Waals surface area (Å²) in [5.41, 5.74) is 5.31. The number of carbonyl (C=O) groups excluding carboxylic acids is 4. The monoisotopic (exact) mass is 599 g/mol. The Morgan fingerprint density at radius 2 is 1.70 bits per heavy atom. The van der Waals surface area contributed by atoms with E-state index in [9.17, 15) is 24.6 Å². The van der Waals surface area contributed by atoms with Crippen LogP contribution in [0.25, 0.3) is 5.41 Å². The van der Waals surface area contributed by atoms with Gasteiger partial charge in [-0.25, -0.2) is 4.79 Å². The number of nitrogens with one attached hydrogen (secondary N) is 2. The number of piperidine rings is 1. The zero-order valence-corrected chi connectivity index (χ0v) is 26.1. The highest BCUT2D eigenvalue weighted by Gasteiger charge is 2.38. The van der Waals surface area contributed by atoms with Gasteiger partial charge in [-0.05, 0) is 88.8 Å². The van der Waals surface area contributed by atoms with Crippen molar-refractivity contribution in [2.75, 3.05) is 26.2 Å². The first kappa shape index (κ1) is 33.7. The molecule has 0 aromatic heterocycles. The molecule has 12 nitrogen and oxygen atoms in total. The summed E-state index contributed by atoms with van der Waals surface area (Å²) in [6, 6.07) is 4.93. The third-order valence-corrected chi connectivity index (χ3v) is 7.69. The number of hydrogen-bond acceptors (Lipinski definition) is 6. The molecule has 1 aromatic rings. The average molecular weight is 600 g/mol. The number of alkyl carbamates (subject to hydrolysis) is 1. The molecular formula is C31H47N6O6-. The molecule has 5 amide bonds. The standard InChI is InChI=1S/C31H47N6O6/c1-20(2)26(32)35-29(40)36-17-14-21(15-18-36)8-7-19-42-23-12-10-22(11-13-23)25(34-30(41)43-31(3,4)5)28(39)37-16-6-9-24(37)27(33)38/h10-13,20-21,24-25H,6-9,14-19H2,1-5H3,(H4-,32,33,34,35,38,40,41)/q-1/t24-,25?/m0/s1. The molecule has 1 unspecified atom stereocenters. The van der Waals surface area contributed by atoms with E-state index in [-0.39, 0.29) is 17.8 Å². The van der Waals surface area contributed by atoms with Crippen LogP contribution in [0.5, 0.6) is 5.75 Å². The topological polar surface area (TPSA) is 166 Å². The van der Waals surface area contributed by atoms with Gasteiger partial charge in [-0.2, -0.15) is 0 Å². The van der Waals surface area contributed by atoms with Gasteiger partial charge < -0.3 is 41.1 Å². The predicted octanol–water partition coefficient (Wildman–Crippen LogP) is 3.93. The molecule has 2 aliphatic rings. The number of primary amides is 1. The summed E-state index contributed by atoms with van der Waals surface area (Å²) in [5.74, 6) is 0.0132. The summed E-state index contributed by atoms with van der Waals surface area (Å²) in [6.07, 6.45) is 4.04. The fourth-order valence-corrected chi connectivity index (χ4v) is 5.28. The first-order chi connectivity index (χ1) is 20.2. The lowest BCUT2D eigenvalue weighted by Gasteiger charge is -2.35. The van der Waals surface area contributed by atoms with Gasteiger partial charge in [-0.1, -0.05) is 31.8 Å². The van der Waals surface area contributed by atoms with E-state index < -0.39 is 35.6 Å². The zero-order valence-electron chi connectivity index (χ0n) is 26.1. The Morgan fingerprint density at radius 3 is 2.28 bits per heavy atom. The first-order valence-electron chi connectivity index (χ1n) is 15.2. The maximum absolute atomic E-state index is 13.5. The van der Waals surface area contributed by atoms with Crippen LogP contribution in [0.1, 0.15) is 84.7 Å². The van der Waals surface area contributed by atoms with Crippen LogP contribution in [0.2, 0.25) is 0 Å². The Balaban J connectivity index is 1.51. The molecule has 43 heavy (non-hydrogen) atoms. The Hall–Kier alpha value is -3.83. The number of nitrogens with zero attached hydrogens (tertiary/aromatic N) is 3. The van der Waals surface area contributed by atoms with Crippen molar-refractivity contribution < 1.29 is 28.7 Å². The highest BCUT2D eigenvalue weighted by Crippen LogP contribution is 2.26. The summed E-state index contributed by atoms with van der Waals surface area (Å²) in [5, 5.41) is 15.1. The van der Waals surface area contributed by atoms with Gasteiger partial charge in [0.25, 0.3) is 5.91 Å². The Morgan fingerprint density at radius 1 is 1.05 bits per heavy atom. The minimum Gasteiger partial charge on any atom is -0.494 e. The molecule has 2 atom stereocenters. The minimum atomic E-state index is -1.05. The SMILES string of the molecule is CC(C)C(=[N-])NC(=O)N1CCC(CCCOc2ccc(C(NC(=O)OC(C)(C)C)C(=O)N3CCC[C@H]3C(N)=O)cc2)CC1. The van der Waals surface area contributed by atoms with Gasteiger partial charge in [0.1, 0.15) is 23.4 Å². The molecule has 0 saturated carbocycles. The second-order valence-corrected chi connectivity index (χ2v) is 12.6. The van der Waals surface area contributed by atoms with E-state index in [4.69, 9.17) is 15.2 Å². The van der Waals surface area contributed by atoms with Crippen LogP contribution in [-0.4, -0.2) is 77.5 Å². The van der Waals surface area contributed by atoms with E-state index in [0.717, 1.165) is 25.7 Å². The zero-order chi connectivity index (χ0) is 31.7. The molecule has 12 heteroatoms. The summed E-state index contributed by atoms with van der Waals surface area (Å²) >= 11 is 0. The first-order valence-corrected chi connectivity index (χ1v) is 15.2. The molecule has 0 bridgehead atoms. The molecule has 2 saturated heterocycles. The third kappa shape index (κ3) is 10.1. The lowest BCUT2D eigenvalue weighted by Crippen LogP contribution is -2.49. The summed E-state index contributed by atoms with van der Waals surface area (Å²) in [6.45, 7) is 11.0. The molecule has 238 valence electrons. The molecule has 2 aliphatic heterocycles. The van der Waals surface area contributed by atoms with Crippen molar-refractivity contribution in [3.05, 3.63) is 35.2 Å². The van der Waals surface area contributed by atoms with Crippen molar-refractivity contribution in [2.24, 2.45) is 17.6 Å². The number of hydrogen-bond donors (Lipinski definition) is 3. The number of amidine groups is 1. The summed E-state index contributed by atoms with van der Waals surface area (Å²) < 4.78 is 11.3. The van der Waals surface area contributed by atoms with Crippen LogP contribution in [0.3, 0.4) is 0 Å². The maximum atomic E-state index is 13.5. The second kappa shape index (κ2) is 15.1. The third-order valence-electron chi connectivity index (χ3n) is 7.69. The fraction of sp³-hybridized carbons (Fsp3) is 0.645. The number of amides is 5. The summed E-state index contributed by atoms with van der Waals surface area (Å²) in [7, 11) is 0. The molecule has 0 radical (unpaired) electrons. The fourth-order valence-electron chi connectivity index (χ4n) is 5.28. The van der Waals surface area contributed by atoms with Crippen molar-refractivity contribution in [2.45, 2.75) is 90.8 Å². The van der Waals surface area contributed by atoms with Gasteiger partial charge >= 0.3 is 6.09 Å². The average Bonchev–Trinajstić information content (AvgIpc) is 3.44. The van der Waals surface area contributed by atoms with Gasteiger partial charge in [0, 0.05) is 19.6 Å². The van der Waals surface area contributed by atoms with Crippen molar-refractivity contribution in [1.29, 1.82) is 0 Å². The van der Waals surface area contributed by atoms with E-state index in [2.05, 4.69) is 10.6 Å². The number of carbonyl (C=O) groups is 4. The predicted molar refractivity (Wildman–Crippen MR) is 163 cm³/mol. The molecule has 0 aliphatic carbocycles. The van der Waals surface area contributed by atoms with E-state index >= 15 is 0 Å². The van der Waals surface area contributed by atoms with Gasteiger partial charge in [-0.15, -0.1) is 0 Å². The molecule has 2 heterocycles. The molecule has 4 N–H and O–H groups in total. The lowest BCUT2D eigenvalue weighted by molar-refractivity contribution is -0.139. The lowest BCUT2D eigenvalue weighted by atomic mass is 9.92.